The number of amides is 1. The number of non-ortho nitro benzene ring substituents is 1. The standard InChI is InChI=1S/C18H15N5O3S/c1-11-5-7-13(8-6-11)17(24)19-15(16-20-18(27)22-21-16)10-12-3-2-4-14(9-12)23(25)26/h2-10H,1H3,(H,19,24)(H2,20,21,22,27). The van der Waals surface area contributed by atoms with Crippen LogP contribution in [0.25, 0.3) is 11.8 Å². The summed E-state index contributed by atoms with van der Waals surface area (Å²) in [5.41, 5.74) is 2.32. The second kappa shape index (κ2) is 7.75. The van der Waals surface area contributed by atoms with E-state index in [1.54, 1.807) is 30.3 Å². The number of carbonyl (C=O) groups is 1. The third kappa shape index (κ3) is 4.53. The van der Waals surface area contributed by atoms with E-state index in [9.17, 15) is 14.9 Å². The molecule has 3 rings (SSSR count). The molecule has 0 aliphatic heterocycles. The normalized spacial score (nSPS) is 11.2. The minimum Gasteiger partial charge on any atom is -0.319 e. The summed E-state index contributed by atoms with van der Waals surface area (Å²) >= 11 is 4.97. The molecule has 0 aliphatic carbocycles. The van der Waals surface area contributed by atoms with Gasteiger partial charge in [0.2, 0.25) is 4.77 Å². The van der Waals surface area contributed by atoms with E-state index in [0.29, 0.717) is 22.6 Å². The highest BCUT2D eigenvalue weighted by Crippen LogP contribution is 2.18. The van der Waals surface area contributed by atoms with E-state index in [-0.39, 0.29) is 16.4 Å². The van der Waals surface area contributed by atoms with Crippen molar-refractivity contribution in [2.24, 2.45) is 0 Å². The van der Waals surface area contributed by atoms with E-state index < -0.39 is 4.92 Å². The van der Waals surface area contributed by atoms with Crippen LogP contribution in [0, 0.1) is 21.8 Å². The summed E-state index contributed by atoms with van der Waals surface area (Å²) < 4.78 is 0.222. The molecule has 1 aromatic heterocycles. The number of aromatic amines is 2. The Morgan fingerprint density at radius 2 is 1.96 bits per heavy atom. The number of nitro groups is 1. The van der Waals surface area contributed by atoms with Gasteiger partial charge in [0.1, 0.15) is 0 Å². The summed E-state index contributed by atoms with van der Waals surface area (Å²) in [6.45, 7) is 1.93. The molecule has 0 radical (unpaired) electrons. The molecule has 8 nitrogen and oxygen atoms in total. The summed E-state index contributed by atoms with van der Waals surface area (Å²) in [5, 5.41) is 19.2. The number of carbonyl (C=O) groups excluding carboxylic acids is 1. The zero-order valence-corrected chi connectivity index (χ0v) is 15.0. The zero-order chi connectivity index (χ0) is 19.4. The summed E-state index contributed by atoms with van der Waals surface area (Å²) in [5.74, 6) is -0.0269. The number of benzene rings is 2. The van der Waals surface area contributed by atoms with Crippen molar-refractivity contribution in [2.75, 3.05) is 0 Å². The Bertz CT molecular complexity index is 1080. The summed E-state index contributed by atoms with van der Waals surface area (Å²) in [6.07, 6.45) is 1.58. The van der Waals surface area contributed by atoms with Crippen molar-refractivity contribution in [3.8, 4) is 0 Å². The van der Waals surface area contributed by atoms with Gasteiger partial charge >= 0.3 is 0 Å². The van der Waals surface area contributed by atoms with Gasteiger partial charge in [0, 0.05) is 17.7 Å². The number of nitrogens with zero attached hydrogens (tertiary/aromatic N) is 2. The lowest BCUT2D eigenvalue weighted by Crippen LogP contribution is -2.22. The topological polar surface area (TPSA) is 117 Å². The molecule has 0 bridgehead atoms. The Labute approximate surface area is 159 Å². The maximum Gasteiger partial charge on any atom is 0.270 e. The zero-order valence-electron chi connectivity index (χ0n) is 14.2. The Morgan fingerprint density at radius 3 is 2.59 bits per heavy atom. The van der Waals surface area contributed by atoms with Gasteiger partial charge in [0.25, 0.3) is 11.6 Å². The molecular weight excluding hydrogens is 366 g/mol. The predicted octanol–water partition coefficient (Wildman–Crippen LogP) is 3.61. The van der Waals surface area contributed by atoms with Crippen molar-refractivity contribution in [3.63, 3.8) is 0 Å². The van der Waals surface area contributed by atoms with E-state index >= 15 is 0 Å². The van der Waals surface area contributed by atoms with Crippen LogP contribution in [0.5, 0.6) is 0 Å². The van der Waals surface area contributed by atoms with Crippen molar-refractivity contribution < 1.29 is 9.72 Å². The maximum atomic E-state index is 12.6. The lowest BCUT2D eigenvalue weighted by Gasteiger charge is -2.08. The molecule has 3 N–H and O–H groups in total. The minimum absolute atomic E-state index is 0.0528. The molecule has 0 spiro atoms. The molecular formula is C18H15N5O3S. The van der Waals surface area contributed by atoms with E-state index in [1.807, 2.05) is 19.1 Å². The lowest BCUT2D eigenvalue weighted by molar-refractivity contribution is -0.384. The molecule has 0 atom stereocenters. The molecule has 27 heavy (non-hydrogen) atoms. The molecule has 0 aliphatic rings. The van der Waals surface area contributed by atoms with Crippen LogP contribution in [0.1, 0.15) is 27.3 Å². The van der Waals surface area contributed by atoms with Gasteiger partial charge in [-0.05, 0) is 42.9 Å². The Kier molecular flexibility index (Phi) is 5.23. The number of H-pyrrole nitrogens is 2. The number of nitro benzene ring substituents is 1. The summed E-state index contributed by atoms with van der Waals surface area (Å²) in [6, 6.07) is 13.1. The van der Waals surface area contributed by atoms with Crippen molar-refractivity contribution in [1.82, 2.24) is 20.5 Å². The highest BCUT2D eigenvalue weighted by molar-refractivity contribution is 7.71. The van der Waals surface area contributed by atoms with Gasteiger partial charge in [0.15, 0.2) is 5.82 Å². The van der Waals surface area contributed by atoms with Gasteiger partial charge < -0.3 is 5.32 Å². The number of aryl methyl sites for hydroxylation is 1. The fourth-order valence-corrected chi connectivity index (χ4v) is 2.50. The minimum atomic E-state index is -0.482. The van der Waals surface area contributed by atoms with Crippen LogP contribution in [-0.4, -0.2) is 26.0 Å². The van der Waals surface area contributed by atoms with Crippen LogP contribution >= 0.6 is 12.2 Å². The Balaban J connectivity index is 1.97. The van der Waals surface area contributed by atoms with Crippen molar-refractivity contribution in [2.45, 2.75) is 6.92 Å². The first-order valence-electron chi connectivity index (χ1n) is 7.91. The fraction of sp³-hybridized carbons (Fsp3) is 0.0556. The second-order valence-electron chi connectivity index (χ2n) is 5.75. The van der Waals surface area contributed by atoms with Crippen molar-refractivity contribution >= 4 is 35.6 Å². The van der Waals surface area contributed by atoms with Gasteiger partial charge in [-0.1, -0.05) is 29.8 Å². The Hall–Kier alpha value is -3.59. The second-order valence-corrected chi connectivity index (χ2v) is 6.13. The smallest absolute Gasteiger partial charge is 0.270 e. The van der Waals surface area contributed by atoms with Crippen LogP contribution in [-0.2, 0) is 0 Å². The molecule has 0 fully saturated rings. The summed E-state index contributed by atoms with van der Waals surface area (Å²) in [4.78, 5) is 27.2. The van der Waals surface area contributed by atoms with Crippen LogP contribution in [0.15, 0.2) is 48.5 Å². The highest BCUT2D eigenvalue weighted by Gasteiger charge is 2.13. The van der Waals surface area contributed by atoms with Gasteiger partial charge in [0.05, 0.1) is 10.6 Å². The third-order valence-electron chi connectivity index (χ3n) is 3.71. The number of nitrogens with one attached hydrogen (secondary N) is 3. The quantitative estimate of drug-likeness (QED) is 0.355. The number of hydrogen-bond donors (Lipinski definition) is 3. The van der Waals surface area contributed by atoms with Crippen LogP contribution in [0.4, 0.5) is 5.69 Å². The molecule has 0 saturated heterocycles. The van der Waals surface area contributed by atoms with E-state index in [1.165, 1.54) is 12.1 Å². The molecule has 1 amide bonds. The monoisotopic (exact) mass is 381 g/mol. The Morgan fingerprint density at radius 1 is 1.22 bits per heavy atom. The first kappa shape index (κ1) is 18.2. The van der Waals surface area contributed by atoms with Crippen LogP contribution < -0.4 is 5.32 Å². The third-order valence-corrected chi connectivity index (χ3v) is 3.90. The molecule has 3 aromatic rings. The lowest BCUT2D eigenvalue weighted by atomic mass is 10.1. The van der Waals surface area contributed by atoms with Crippen LogP contribution in [0.3, 0.4) is 0 Å². The van der Waals surface area contributed by atoms with Gasteiger partial charge in [-0.15, -0.1) is 0 Å². The molecule has 2 aromatic carbocycles. The first-order valence-corrected chi connectivity index (χ1v) is 8.32. The van der Waals surface area contributed by atoms with Gasteiger partial charge in [-0.3, -0.25) is 25.1 Å². The van der Waals surface area contributed by atoms with Gasteiger partial charge in [-0.2, -0.15) is 4.98 Å². The van der Waals surface area contributed by atoms with Crippen LogP contribution in [0.2, 0.25) is 0 Å². The molecule has 9 heteroatoms. The first-order chi connectivity index (χ1) is 12.9. The average molecular weight is 381 g/mol. The summed E-state index contributed by atoms with van der Waals surface area (Å²) in [7, 11) is 0. The predicted molar refractivity (Wildman–Crippen MR) is 103 cm³/mol. The molecule has 136 valence electrons. The number of rotatable bonds is 5. The van der Waals surface area contributed by atoms with E-state index in [4.69, 9.17) is 12.2 Å². The van der Waals surface area contributed by atoms with Crippen molar-refractivity contribution in [3.05, 3.63) is 85.9 Å². The van der Waals surface area contributed by atoms with Crippen molar-refractivity contribution in [1.29, 1.82) is 0 Å². The molecule has 1 heterocycles. The number of hydrogen-bond acceptors (Lipinski definition) is 5. The average Bonchev–Trinajstić information content (AvgIpc) is 3.08. The highest BCUT2D eigenvalue weighted by atomic mass is 32.1. The SMILES string of the molecule is Cc1ccc(C(=O)NC(=Cc2cccc([N+](=O)[O-])c2)c2nc(=S)[nH][nH]2)cc1. The largest absolute Gasteiger partial charge is 0.319 e. The van der Waals surface area contributed by atoms with E-state index in [0.717, 1.165) is 5.56 Å². The number of aromatic nitrogens is 3. The fourth-order valence-electron chi connectivity index (χ4n) is 2.36. The molecule has 0 saturated carbocycles. The maximum absolute atomic E-state index is 12.6. The molecule has 0 unspecified atom stereocenters. The van der Waals surface area contributed by atoms with E-state index in [2.05, 4.69) is 20.5 Å². The van der Waals surface area contributed by atoms with Gasteiger partial charge in [-0.25, -0.2) is 0 Å².